The summed E-state index contributed by atoms with van der Waals surface area (Å²) in [6, 6.07) is 34.7. The second kappa shape index (κ2) is 19.4. The zero-order valence-electron chi connectivity index (χ0n) is 21.9. The summed E-state index contributed by atoms with van der Waals surface area (Å²) in [6.45, 7) is 20.9. The van der Waals surface area contributed by atoms with Crippen LogP contribution in [-0.2, 0) is 0 Å². The van der Waals surface area contributed by atoms with Crippen LogP contribution in [0.1, 0.15) is 38.9 Å². The van der Waals surface area contributed by atoms with Gasteiger partial charge in [-0.1, -0.05) is 165 Å². The van der Waals surface area contributed by atoms with Gasteiger partial charge < -0.3 is 0 Å². The van der Waals surface area contributed by atoms with Crippen LogP contribution in [0.25, 0.3) is 24.3 Å². The smallest absolute Gasteiger partial charge is 0.0233 e. The first-order valence-corrected chi connectivity index (χ1v) is 11.7. The molecule has 0 bridgehead atoms. The molecule has 0 saturated carbocycles. The summed E-state index contributed by atoms with van der Waals surface area (Å²) >= 11 is 0. The summed E-state index contributed by atoms with van der Waals surface area (Å²) in [5, 5.41) is 0. The average Bonchev–Trinajstić information content (AvgIpc) is 2.91. The van der Waals surface area contributed by atoms with Crippen molar-refractivity contribution in [1.82, 2.24) is 0 Å². The highest BCUT2D eigenvalue weighted by atomic mass is 35.5. The molecule has 0 nitrogen and oxygen atoms in total. The summed E-state index contributed by atoms with van der Waals surface area (Å²) in [4.78, 5) is 0. The number of hydrogen-bond donors (Lipinski definition) is 0. The lowest BCUT2D eigenvalue weighted by molar-refractivity contribution is 1.45. The summed E-state index contributed by atoms with van der Waals surface area (Å²) < 4.78 is 0. The molecule has 186 valence electrons. The second-order valence-corrected chi connectivity index (χ2v) is 7.91. The Morgan fingerprint density at radius 2 is 0.944 bits per heavy atom. The molecule has 0 atom stereocenters. The predicted molar refractivity (Wildman–Crippen MR) is 168 cm³/mol. The van der Waals surface area contributed by atoms with Crippen molar-refractivity contribution in [3.8, 4) is 0 Å². The maximum atomic E-state index is 3.69. The molecule has 4 aromatic carbocycles. The third-order valence-electron chi connectivity index (χ3n) is 5.03. The quantitative estimate of drug-likeness (QED) is 0.264. The van der Waals surface area contributed by atoms with E-state index in [2.05, 4.69) is 95.6 Å². The molecular formula is C35H39Cl. The largest absolute Gasteiger partial charge is 0.147 e. The summed E-state index contributed by atoms with van der Waals surface area (Å²) in [5.41, 5.74) is 8.63. The molecule has 1 heteroatoms. The summed E-state index contributed by atoms with van der Waals surface area (Å²) in [5.74, 6) is 0. The van der Waals surface area contributed by atoms with Crippen LogP contribution in [0, 0.1) is 20.8 Å². The van der Waals surface area contributed by atoms with E-state index >= 15 is 0 Å². The third-order valence-corrected chi connectivity index (χ3v) is 5.03. The van der Waals surface area contributed by atoms with E-state index < -0.39 is 0 Å². The van der Waals surface area contributed by atoms with Crippen LogP contribution >= 0.6 is 12.4 Å². The molecule has 0 aromatic heterocycles. The molecule has 4 aromatic rings. The zero-order valence-corrected chi connectivity index (χ0v) is 22.7. The standard InChI is InChI=1S/3C9H10.C8H8.ClH/c1-3-9-6-4-8(2)5-7-9;1-3-9-6-4-5-8(2)7-9;1-3-9-7-5-4-6-8(9)2;1-2-8-6-4-3-5-7-8;/h3*3-7H,1H2,2H3;2-7H,1H2;1H. The van der Waals surface area contributed by atoms with Gasteiger partial charge in [0.25, 0.3) is 0 Å². The first-order valence-electron chi connectivity index (χ1n) is 11.7. The Bertz CT molecular complexity index is 1170. The molecule has 0 radical (unpaired) electrons. The maximum Gasteiger partial charge on any atom is -0.0233 e. The first kappa shape index (κ1) is 32.1. The van der Waals surface area contributed by atoms with E-state index in [1.807, 2.05) is 78.9 Å². The molecule has 4 rings (SSSR count). The number of halogens is 1. The molecule has 0 heterocycles. The van der Waals surface area contributed by atoms with E-state index in [-0.39, 0.29) is 12.4 Å². The fraction of sp³-hybridized carbons (Fsp3) is 0.0857. The van der Waals surface area contributed by atoms with E-state index in [4.69, 9.17) is 0 Å². The van der Waals surface area contributed by atoms with Crippen LogP contribution in [0.4, 0.5) is 0 Å². The molecule has 36 heavy (non-hydrogen) atoms. The Balaban J connectivity index is 0.000000450. The van der Waals surface area contributed by atoms with Gasteiger partial charge in [-0.15, -0.1) is 12.4 Å². The lowest BCUT2D eigenvalue weighted by atomic mass is 10.1. The van der Waals surface area contributed by atoms with Gasteiger partial charge in [-0.2, -0.15) is 0 Å². The lowest BCUT2D eigenvalue weighted by Crippen LogP contribution is -1.75. The fourth-order valence-corrected chi connectivity index (χ4v) is 2.90. The monoisotopic (exact) mass is 494 g/mol. The van der Waals surface area contributed by atoms with Crippen LogP contribution in [0.2, 0.25) is 0 Å². The van der Waals surface area contributed by atoms with Crippen LogP contribution in [0.5, 0.6) is 0 Å². The maximum absolute atomic E-state index is 3.69. The molecule has 0 N–H and O–H groups in total. The number of aryl methyl sites for hydroxylation is 3. The minimum Gasteiger partial charge on any atom is -0.147 e. The van der Waals surface area contributed by atoms with E-state index in [1.165, 1.54) is 38.9 Å². The van der Waals surface area contributed by atoms with Gasteiger partial charge in [-0.3, -0.25) is 0 Å². The minimum absolute atomic E-state index is 0. The highest BCUT2D eigenvalue weighted by molar-refractivity contribution is 5.85. The SMILES string of the molecule is C=Cc1ccc(C)cc1.C=Cc1cccc(C)c1.C=Cc1ccccc1.C=Cc1ccccc1C.Cl. The number of rotatable bonds is 4. The molecule has 0 aliphatic heterocycles. The normalized spacial score (nSPS) is 8.64. The molecule has 0 fully saturated rings. The van der Waals surface area contributed by atoms with E-state index in [1.54, 1.807) is 0 Å². The first-order chi connectivity index (χ1) is 16.9. The topological polar surface area (TPSA) is 0 Å². The molecule has 0 amide bonds. The van der Waals surface area contributed by atoms with E-state index in [0.717, 1.165) is 0 Å². The lowest BCUT2D eigenvalue weighted by Gasteiger charge is -1.95. The van der Waals surface area contributed by atoms with Gasteiger partial charge in [0.2, 0.25) is 0 Å². The van der Waals surface area contributed by atoms with Gasteiger partial charge in [-0.25, -0.2) is 0 Å². The van der Waals surface area contributed by atoms with Crippen molar-refractivity contribution < 1.29 is 0 Å². The van der Waals surface area contributed by atoms with Crippen LogP contribution < -0.4 is 0 Å². The highest BCUT2D eigenvalue weighted by Gasteiger charge is 1.87. The van der Waals surface area contributed by atoms with Crippen molar-refractivity contribution in [3.05, 3.63) is 168 Å². The molecule has 0 saturated heterocycles. The van der Waals surface area contributed by atoms with Crippen molar-refractivity contribution in [2.24, 2.45) is 0 Å². The van der Waals surface area contributed by atoms with Crippen LogP contribution in [0.15, 0.2) is 129 Å². The fourth-order valence-electron chi connectivity index (χ4n) is 2.90. The molecule has 0 spiro atoms. The van der Waals surface area contributed by atoms with Gasteiger partial charge >= 0.3 is 0 Å². The molecule has 0 aliphatic carbocycles. The second-order valence-electron chi connectivity index (χ2n) is 7.91. The van der Waals surface area contributed by atoms with Crippen LogP contribution in [0.3, 0.4) is 0 Å². The Kier molecular flexibility index (Phi) is 17.3. The van der Waals surface area contributed by atoms with Crippen molar-refractivity contribution in [2.45, 2.75) is 20.8 Å². The van der Waals surface area contributed by atoms with Crippen molar-refractivity contribution in [1.29, 1.82) is 0 Å². The number of benzene rings is 4. The van der Waals surface area contributed by atoms with Crippen molar-refractivity contribution in [3.63, 3.8) is 0 Å². The van der Waals surface area contributed by atoms with E-state index in [0.29, 0.717) is 0 Å². The molecule has 0 unspecified atom stereocenters. The highest BCUT2D eigenvalue weighted by Crippen LogP contribution is 2.07. The predicted octanol–water partition coefficient (Wildman–Crippen LogP) is 10.7. The van der Waals surface area contributed by atoms with Gasteiger partial charge in [0.15, 0.2) is 0 Å². The Labute approximate surface area is 225 Å². The van der Waals surface area contributed by atoms with Crippen molar-refractivity contribution >= 4 is 36.7 Å². The Hall–Kier alpha value is -3.87. The van der Waals surface area contributed by atoms with Crippen LogP contribution in [-0.4, -0.2) is 0 Å². The Morgan fingerprint density at radius 3 is 1.36 bits per heavy atom. The molecular weight excluding hydrogens is 456 g/mol. The van der Waals surface area contributed by atoms with E-state index in [9.17, 15) is 0 Å². The summed E-state index contributed by atoms with van der Waals surface area (Å²) in [6.07, 6.45) is 7.40. The molecule has 0 aliphatic rings. The summed E-state index contributed by atoms with van der Waals surface area (Å²) in [7, 11) is 0. The Morgan fingerprint density at radius 1 is 0.444 bits per heavy atom. The average molecular weight is 495 g/mol. The minimum atomic E-state index is 0. The number of hydrogen-bond acceptors (Lipinski definition) is 0. The van der Waals surface area contributed by atoms with Gasteiger partial charge in [-0.05, 0) is 48.6 Å². The van der Waals surface area contributed by atoms with Gasteiger partial charge in [0.05, 0.1) is 0 Å². The van der Waals surface area contributed by atoms with Gasteiger partial charge in [0.1, 0.15) is 0 Å². The third kappa shape index (κ3) is 13.7. The van der Waals surface area contributed by atoms with Crippen molar-refractivity contribution in [2.75, 3.05) is 0 Å². The van der Waals surface area contributed by atoms with Gasteiger partial charge in [0, 0.05) is 0 Å². The zero-order chi connectivity index (χ0) is 25.9.